The zero-order valence-electron chi connectivity index (χ0n) is 20.5. The van der Waals surface area contributed by atoms with Crippen LogP contribution in [0.15, 0.2) is 84.9 Å². The van der Waals surface area contributed by atoms with Crippen molar-refractivity contribution in [2.45, 2.75) is 32.6 Å². The molecular weight excluding hydrogens is 486 g/mol. The highest BCUT2D eigenvalue weighted by molar-refractivity contribution is 7.15. The lowest BCUT2D eigenvalue weighted by atomic mass is 9.93. The molecule has 1 heterocycles. The standard InChI is InChI=1S/C30H29NO5S/c1-20-7-5-6-10-24(20)26-17-21(11-13-25(26)29(33)31-27(15-16-32)30(34)35)18-36-19-23-12-14-28(37-23)22-8-3-2-4-9-22/h2-14,17,27,32H,15-16,18-19H2,1H3,(H,31,33)(H,34,35). The summed E-state index contributed by atoms with van der Waals surface area (Å²) < 4.78 is 6.01. The van der Waals surface area contributed by atoms with Gasteiger partial charge < -0.3 is 20.3 Å². The van der Waals surface area contributed by atoms with Crippen LogP contribution in [-0.4, -0.2) is 34.7 Å². The number of carbonyl (C=O) groups excluding carboxylic acids is 1. The molecule has 1 amide bonds. The Balaban J connectivity index is 1.52. The molecule has 0 aliphatic heterocycles. The summed E-state index contributed by atoms with van der Waals surface area (Å²) in [6.07, 6.45) is -0.0681. The first kappa shape index (κ1) is 26.3. The van der Waals surface area contributed by atoms with Gasteiger partial charge >= 0.3 is 5.97 Å². The minimum atomic E-state index is -1.19. The number of aliphatic hydroxyl groups is 1. The average Bonchev–Trinajstić information content (AvgIpc) is 3.38. The second-order valence-electron chi connectivity index (χ2n) is 8.70. The molecule has 0 radical (unpaired) electrons. The molecule has 7 heteroatoms. The number of amides is 1. The zero-order valence-corrected chi connectivity index (χ0v) is 21.3. The Kier molecular flexibility index (Phi) is 8.85. The lowest BCUT2D eigenvalue weighted by Gasteiger charge is -2.17. The number of carbonyl (C=O) groups is 2. The van der Waals surface area contributed by atoms with E-state index in [1.807, 2.05) is 61.5 Å². The van der Waals surface area contributed by atoms with Crippen LogP contribution in [0.1, 0.15) is 32.8 Å². The van der Waals surface area contributed by atoms with Gasteiger partial charge in [-0.2, -0.15) is 0 Å². The third-order valence-corrected chi connectivity index (χ3v) is 7.13. The highest BCUT2D eigenvalue weighted by Crippen LogP contribution is 2.30. The van der Waals surface area contributed by atoms with Gasteiger partial charge in [0.25, 0.3) is 5.91 Å². The molecule has 3 N–H and O–H groups in total. The molecule has 3 aromatic carbocycles. The highest BCUT2D eigenvalue weighted by Gasteiger charge is 2.22. The van der Waals surface area contributed by atoms with Gasteiger partial charge in [-0.1, -0.05) is 60.7 Å². The van der Waals surface area contributed by atoms with E-state index in [0.29, 0.717) is 24.3 Å². The van der Waals surface area contributed by atoms with E-state index < -0.39 is 17.9 Å². The SMILES string of the molecule is Cc1ccccc1-c1cc(COCc2ccc(-c3ccccc3)s2)ccc1C(=O)NC(CCO)C(=O)O. The second kappa shape index (κ2) is 12.5. The Bertz CT molecular complexity index is 1370. The maximum atomic E-state index is 13.1. The summed E-state index contributed by atoms with van der Waals surface area (Å²) in [5, 5.41) is 21.1. The number of carboxylic acid groups (broad SMARTS) is 1. The van der Waals surface area contributed by atoms with Crippen LogP contribution in [0, 0.1) is 6.92 Å². The first-order valence-corrected chi connectivity index (χ1v) is 12.8. The van der Waals surface area contributed by atoms with Crippen LogP contribution in [0.4, 0.5) is 0 Å². The van der Waals surface area contributed by atoms with E-state index in [1.54, 1.807) is 17.4 Å². The molecule has 190 valence electrons. The summed E-state index contributed by atoms with van der Waals surface area (Å²) in [4.78, 5) is 26.9. The Hall–Kier alpha value is -3.78. The first-order valence-electron chi connectivity index (χ1n) is 12.0. The maximum absolute atomic E-state index is 13.1. The molecule has 0 aliphatic carbocycles. The van der Waals surface area contributed by atoms with Gasteiger partial charge in [0.1, 0.15) is 6.04 Å². The molecule has 1 unspecified atom stereocenters. The summed E-state index contributed by atoms with van der Waals surface area (Å²) in [5.41, 5.74) is 5.03. The zero-order chi connectivity index (χ0) is 26.2. The molecule has 4 rings (SSSR count). The van der Waals surface area contributed by atoms with Crippen molar-refractivity contribution in [3.05, 3.63) is 106 Å². The number of hydrogen-bond acceptors (Lipinski definition) is 5. The minimum Gasteiger partial charge on any atom is -0.480 e. The Labute approximate surface area is 220 Å². The molecule has 0 saturated heterocycles. The van der Waals surface area contributed by atoms with Crippen molar-refractivity contribution in [1.82, 2.24) is 5.32 Å². The molecule has 0 spiro atoms. The van der Waals surface area contributed by atoms with Crippen molar-refractivity contribution in [2.24, 2.45) is 0 Å². The summed E-state index contributed by atoms with van der Waals surface area (Å²) >= 11 is 1.70. The van der Waals surface area contributed by atoms with E-state index in [0.717, 1.165) is 21.6 Å². The molecule has 1 atom stereocenters. The normalized spacial score (nSPS) is 11.7. The van der Waals surface area contributed by atoms with Crippen LogP contribution >= 0.6 is 11.3 Å². The number of rotatable bonds is 11. The number of nitrogens with one attached hydrogen (secondary N) is 1. The molecule has 6 nitrogen and oxygen atoms in total. The van der Waals surface area contributed by atoms with Crippen molar-refractivity contribution in [3.63, 3.8) is 0 Å². The summed E-state index contributed by atoms with van der Waals surface area (Å²) in [6, 6.07) is 26.4. The molecule has 0 bridgehead atoms. The van der Waals surface area contributed by atoms with Gasteiger partial charge in [-0.15, -0.1) is 11.3 Å². The van der Waals surface area contributed by atoms with E-state index in [-0.39, 0.29) is 13.0 Å². The fraction of sp³-hybridized carbons (Fsp3) is 0.200. The second-order valence-corrected chi connectivity index (χ2v) is 9.86. The lowest BCUT2D eigenvalue weighted by molar-refractivity contribution is -0.139. The number of aryl methyl sites for hydroxylation is 1. The molecule has 0 saturated carbocycles. The summed E-state index contributed by atoms with van der Waals surface area (Å²) in [6.45, 7) is 2.46. The van der Waals surface area contributed by atoms with E-state index in [4.69, 9.17) is 4.74 Å². The summed E-state index contributed by atoms with van der Waals surface area (Å²) in [5.74, 6) is -1.69. The number of aliphatic carboxylic acids is 1. The fourth-order valence-electron chi connectivity index (χ4n) is 4.08. The maximum Gasteiger partial charge on any atom is 0.326 e. The third kappa shape index (κ3) is 6.71. The van der Waals surface area contributed by atoms with Gasteiger partial charge in [-0.3, -0.25) is 4.79 Å². The number of thiophene rings is 1. The van der Waals surface area contributed by atoms with Crippen molar-refractivity contribution in [2.75, 3.05) is 6.61 Å². The van der Waals surface area contributed by atoms with Gasteiger partial charge in [0.2, 0.25) is 0 Å². The molecule has 4 aromatic rings. The van der Waals surface area contributed by atoms with Gasteiger partial charge in [0.05, 0.1) is 13.2 Å². The van der Waals surface area contributed by atoms with Gasteiger partial charge in [-0.05, 0) is 59.0 Å². The van der Waals surface area contributed by atoms with E-state index in [2.05, 4.69) is 29.6 Å². The van der Waals surface area contributed by atoms with Crippen molar-refractivity contribution < 1.29 is 24.5 Å². The van der Waals surface area contributed by atoms with Crippen LogP contribution < -0.4 is 5.32 Å². The number of hydrogen-bond donors (Lipinski definition) is 3. The topological polar surface area (TPSA) is 95.9 Å². The molecule has 0 fully saturated rings. The largest absolute Gasteiger partial charge is 0.480 e. The van der Waals surface area contributed by atoms with Gasteiger partial charge in [0.15, 0.2) is 0 Å². The monoisotopic (exact) mass is 515 g/mol. The number of benzene rings is 3. The van der Waals surface area contributed by atoms with Crippen LogP contribution in [0.25, 0.3) is 21.6 Å². The van der Waals surface area contributed by atoms with Crippen LogP contribution in [-0.2, 0) is 22.7 Å². The third-order valence-electron chi connectivity index (χ3n) is 6.02. The quantitative estimate of drug-likeness (QED) is 0.239. The Morgan fingerprint density at radius 1 is 0.919 bits per heavy atom. The highest BCUT2D eigenvalue weighted by atomic mass is 32.1. The van der Waals surface area contributed by atoms with E-state index >= 15 is 0 Å². The smallest absolute Gasteiger partial charge is 0.326 e. The lowest BCUT2D eigenvalue weighted by Crippen LogP contribution is -2.41. The fourth-order valence-corrected chi connectivity index (χ4v) is 5.03. The van der Waals surface area contributed by atoms with Crippen LogP contribution in [0.3, 0.4) is 0 Å². The van der Waals surface area contributed by atoms with Crippen molar-refractivity contribution in [1.29, 1.82) is 0 Å². The van der Waals surface area contributed by atoms with Gasteiger partial charge in [-0.25, -0.2) is 4.79 Å². The van der Waals surface area contributed by atoms with E-state index in [1.165, 1.54) is 10.4 Å². The Morgan fingerprint density at radius 3 is 2.41 bits per heavy atom. The number of carboxylic acids is 1. The van der Waals surface area contributed by atoms with Crippen molar-refractivity contribution in [3.8, 4) is 21.6 Å². The molecule has 37 heavy (non-hydrogen) atoms. The molecular formula is C30H29NO5S. The van der Waals surface area contributed by atoms with E-state index in [9.17, 15) is 19.8 Å². The van der Waals surface area contributed by atoms with Crippen molar-refractivity contribution >= 4 is 23.2 Å². The molecule has 0 aliphatic rings. The Morgan fingerprint density at radius 2 is 1.68 bits per heavy atom. The minimum absolute atomic E-state index is 0.0681. The predicted molar refractivity (Wildman–Crippen MR) is 145 cm³/mol. The number of ether oxygens (including phenoxy) is 1. The number of aliphatic hydroxyl groups excluding tert-OH is 1. The summed E-state index contributed by atoms with van der Waals surface area (Å²) in [7, 11) is 0. The molecule has 1 aromatic heterocycles. The van der Waals surface area contributed by atoms with Crippen LogP contribution in [0.2, 0.25) is 0 Å². The first-order chi connectivity index (χ1) is 18.0. The van der Waals surface area contributed by atoms with Gasteiger partial charge in [0, 0.05) is 28.3 Å². The predicted octanol–water partition coefficient (Wildman–Crippen LogP) is 5.67. The van der Waals surface area contributed by atoms with Crippen LogP contribution in [0.5, 0.6) is 0 Å². The average molecular weight is 516 g/mol.